The first-order valence-electron chi connectivity index (χ1n) is 6.38. The lowest BCUT2D eigenvalue weighted by atomic mass is 10.2. The van der Waals surface area contributed by atoms with Gasteiger partial charge in [-0.25, -0.2) is 0 Å². The molecule has 1 aromatic rings. The van der Waals surface area contributed by atoms with Crippen molar-refractivity contribution in [1.82, 2.24) is 5.32 Å². The SMILES string of the molecule is CCCNC(C)C(C)S(=O)c1ccccc1OC. The molecule has 1 aromatic carbocycles. The molecule has 0 aliphatic carbocycles. The Labute approximate surface area is 112 Å². The summed E-state index contributed by atoms with van der Waals surface area (Å²) in [5.41, 5.74) is 0. The standard InChI is InChI=1S/C14H23NO2S/c1-5-10-15-11(2)12(3)18(16)14-9-7-6-8-13(14)17-4/h6-9,11-12,15H,5,10H2,1-4H3. The van der Waals surface area contributed by atoms with E-state index in [4.69, 9.17) is 4.74 Å². The van der Waals surface area contributed by atoms with Crippen LogP contribution in [-0.4, -0.2) is 29.2 Å². The number of rotatable bonds is 7. The Balaban J connectivity index is 2.79. The predicted molar refractivity (Wildman–Crippen MR) is 76.6 cm³/mol. The van der Waals surface area contributed by atoms with E-state index in [0.717, 1.165) is 17.9 Å². The summed E-state index contributed by atoms with van der Waals surface area (Å²) in [5.74, 6) is 0.699. The second kappa shape index (κ2) is 7.54. The van der Waals surface area contributed by atoms with E-state index in [2.05, 4.69) is 19.2 Å². The van der Waals surface area contributed by atoms with E-state index < -0.39 is 10.8 Å². The first-order chi connectivity index (χ1) is 8.61. The smallest absolute Gasteiger partial charge is 0.134 e. The van der Waals surface area contributed by atoms with Crippen molar-refractivity contribution < 1.29 is 8.95 Å². The highest BCUT2D eigenvalue weighted by atomic mass is 32.2. The minimum Gasteiger partial charge on any atom is -0.495 e. The van der Waals surface area contributed by atoms with Crippen molar-refractivity contribution in [3.63, 3.8) is 0 Å². The summed E-state index contributed by atoms with van der Waals surface area (Å²) in [4.78, 5) is 0.776. The normalized spacial score (nSPS) is 16.0. The van der Waals surface area contributed by atoms with E-state index in [1.165, 1.54) is 0 Å². The van der Waals surface area contributed by atoms with Gasteiger partial charge in [0.15, 0.2) is 0 Å². The maximum atomic E-state index is 12.5. The van der Waals surface area contributed by atoms with E-state index in [1.54, 1.807) is 7.11 Å². The van der Waals surface area contributed by atoms with Gasteiger partial charge in [-0.15, -0.1) is 0 Å². The van der Waals surface area contributed by atoms with Crippen LogP contribution in [0.3, 0.4) is 0 Å². The number of para-hydroxylation sites is 1. The molecule has 0 fully saturated rings. The van der Waals surface area contributed by atoms with E-state index in [0.29, 0.717) is 5.75 Å². The molecule has 0 spiro atoms. The molecular weight excluding hydrogens is 246 g/mol. The number of hydrogen-bond donors (Lipinski definition) is 1. The van der Waals surface area contributed by atoms with Crippen molar-refractivity contribution in [3.8, 4) is 5.75 Å². The third-order valence-electron chi connectivity index (χ3n) is 3.04. The van der Waals surface area contributed by atoms with Gasteiger partial charge in [0.25, 0.3) is 0 Å². The second-order valence-corrected chi connectivity index (χ2v) is 6.17. The van der Waals surface area contributed by atoms with Crippen LogP contribution < -0.4 is 10.1 Å². The van der Waals surface area contributed by atoms with Crippen LogP contribution in [0.5, 0.6) is 5.75 Å². The summed E-state index contributed by atoms with van der Waals surface area (Å²) in [6, 6.07) is 7.73. The summed E-state index contributed by atoms with van der Waals surface area (Å²) in [7, 11) is 0.550. The number of ether oxygens (including phenoxy) is 1. The Morgan fingerprint density at radius 3 is 2.61 bits per heavy atom. The molecule has 0 amide bonds. The zero-order valence-corrected chi connectivity index (χ0v) is 12.4. The molecule has 3 nitrogen and oxygen atoms in total. The van der Waals surface area contributed by atoms with E-state index >= 15 is 0 Å². The zero-order chi connectivity index (χ0) is 13.5. The van der Waals surface area contributed by atoms with Crippen LogP contribution in [0, 0.1) is 0 Å². The fraction of sp³-hybridized carbons (Fsp3) is 0.571. The van der Waals surface area contributed by atoms with Gasteiger partial charge in [-0.05, 0) is 38.9 Å². The molecule has 18 heavy (non-hydrogen) atoms. The Kier molecular flexibility index (Phi) is 6.36. The Hall–Kier alpha value is -0.870. The van der Waals surface area contributed by atoms with Gasteiger partial charge in [0.1, 0.15) is 5.75 Å². The summed E-state index contributed by atoms with van der Waals surface area (Å²) in [5, 5.41) is 3.44. The van der Waals surface area contributed by atoms with E-state index in [9.17, 15) is 4.21 Å². The summed E-state index contributed by atoms with van der Waals surface area (Å²) < 4.78 is 17.8. The zero-order valence-electron chi connectivity index (χ0n) is 11.6. The fourth-order valence-corrected chi connectivity index (χ4v) is 3.14. The van der Waals surface area contributed by atoms with Crippen LogP contribution in [0.1, 0.15) is 27.2 Å². The first kappa shape index (κ1) is 15.2. The largest absolute Gasteiger partial charge is 0.495 e. The van der Waals surface area contributed by atoms with Gasteiger partial charge in [-0.1, -0.05) is 19.1 Å². The maximum Gasteiger partial charge on any atom is 0.134 e. The number of hydrogen-bond acceptors (Lipinski definition) is 3. The maximum absolute atomic E-state index is 12.5. The van der Waals surface area contributed by atoms with Crippen LogP contribution in [0.25, 0.3) is 0 Å². The third kappa shape index (κ3) is 3.82. The number of nitrogens with one attached hydrogen (secondary N) is 1. The molecule has 0 saturated heterocycles. The molecule has 3 unspecified atom stereocenters. The van der Waals surface area contributed by atoms with Crippen LogP contribution in [-0.2, 0) is 10.8 Å². The number of benzene rings is 1. The molecule has 4 heteroatoms. The topological polar surface area (TPSA) is 38.3 Å². The van der Waals surface area contributed by atoms with Crippen molar-refractivity contribution in [2.24, 2.45) is 0 Å². The van der Waals surface area contributed by atoms with Gasteiger partial charge in [-0.2, -0.15) is 0 Å². The van der Waals surface area contributed by atoms with Crippen LogP contribution >= 0.6 is 0 Å². The predicted octanol–water partition coefficient (Wildman–Crippen LogP) is 2.58. The van der Waals surface area contributed by atoms with Crippen LogP contribution in [0.4, 0.5) is 0 Å². The van der Waals surface area contributed by atoms with Gasteiger partial charge in [0.05, 0.1) is 28.1 Å². The van der Waals surface area contributed by atoms with Crippen LogP contribution in [0.2, 0.25) is 0 Å². The van der Waals surface area contributed by atoms with Crippen molar-refractivity contribution in [2.45, 2.75) is 43.4 Å². The summed E-state index contributed by atoms with van der Waals surface area (Å²) in [6.07, 6.45) is 1.08. The third-order valence-corrected chi connectivity index (χ3v) is 4.90. The van der Waals surface area contributed by atoms with Gasteiger partial charge in [0.2, 0.25) is 0 Å². The van der Waals surface area contributed by atoms with Crippen molar-refractivity contribution >= 4 is 10.8 Å². The van der Waals surface area contributed by atoms with Gasteiger partial charge in [-0.3, -0.25) is 4.21 Å². The minimum absolute atomic E-state index is 0.0489. The highest BCUT2D eigenvalue weighted by molar-refractivity contribution is 7.85. The molecule has 0 aromatic heterocycles. The average Bonchev–Trinajstić information content (AvgIpc) is 2.42. The molecule has 1 rings (SSSR count). The average molecular weight is 269 g/mol. The van der Waals surface area contributed by atoms with E-state index in [-0.39, 0.29) is 11.3 Å². The Morgan fingerprint density at radius 2 is 2.00 bits per heavy atom. The first-order valence-corrected chi connectivity index (χ1v) is 7.60. The fourth-order valence-electron chi connectivity index (χ4n) is 1.71. The highest BCUT2D eigenvalue weighted by Crippen LogP contribution is 2.24. The Bertz CT molecular complexity index is 395. The van der Waals surface area contributed by atoms with E-state index in [1.807, 2.05) is 31.2 Å². The quantitative estimate of drug-likeness (QED) is 0.827. The molecule has 3 atom stereocenters. The van der Waals surface area contributed by atoms with Crippen molar-refractivity contribution in [3.05, 3.63) is 24.3 Å². The molecular formula is C14H23NO2S. The minimum atomic E-state index is -1.06. The lowest BCUT2D eigenvalue weighted by Crippen LogP contribution is -2.38. The monoisotopic (exact) mass is 269 g/mol. The molecule has 0 aliphatic rings. The molecule has 102 valence electrons. The van der Waals surface area contributed by atoms with Gasteiger partial charge < -0.3 is 10.1 Å². The molecule has 0 saturated carbocycles. The lowest BCUT2D eigenvalue weighted by molar-refractivity contribution is 0.403. The van der Waals surface area contributed by atoms with Crippen molar-refractivity contribution in [1.29, 1.82) is 0 Å². The molecule has 0 heterocycles. The van der Waals surface area contributed by atoms with Gasteiger partial charge >= 0.3 is 0 Å². The Morgan fingerprint density at radius 1 is 1.33 bits per heavy atom. The molecule has 0 radical (unpaired) electrons. The second-order valence-electron chi connectivity index (χ2n) is 4.40. The van der Waals surface area contributed by atoms with Crippen molar-refractivity contribution in [2.75, 3.05) is 13.7 Å². The molecule has 0 aliphatic heterocycles. The lowest BCUT2D eigenvalue weighted by Gasteiger charge is -2.21. The van der Waals surface area contributed by atoms with Crippen LogP contribution in [0.15, 0.2) is 29.2 Å². The molecule has 0 bridgehead atoms. The summed E-state index contributed by atoms with van der Waals surface area (Å²) in [6.45, 7) is 7.17. The molecule has 1 N–H and O–H groups in total. The highest BCUT2D eigenvalue weighted by Gasteiger charge is 2.21. The number of methoxy groups -OCH3 is 1. The summed E-state index contributed by atoms with van der Waals surface area (Å²) >= 11 is 0. The van der Waals surface area contributed by atoms with Gasteiger partial charge in [0, 0.05) is 6.04 Å².